The first-order valence-electron chi connectivity index (χ1n) is 9.74. The Hall–Kier alpha value is -2.74. The van der Waals surface area contributed by atoms with Crippen LogP contribution in [0.4, 0.5) is 14.6 Å². The normalized spacial score (nSPS) is 15.1. The zero-order valence-electron chi connectivity index (χ0n) is 16.8. The van der Waals surface area contributed by atoms with Gasteiger partial charge in [-0.3, -0.25) is 9.36 Å². The highest BCUT2D eigenvalue weighted by atomic mass is 32.2. The van der Waals surface area contributed by atoms with Gasteiger partial charge in [-0.1, -0.05) is 24.3 Å². The van der Waals surface area contributed by atoms with E-state index in [0.717, 1.165) is 23.5 Å². The Kier molecular flexibility index (Phi) is 5.85. The van der Waals surface area contributed by atoms with Crippen molar-refractivity contribution < 1.29 is 8.78 Å². The summed E-state index contributed by atoms with van der Waals surface area (Å²) in [4.78, 5) is 21.4. The van der Waals surface area contributed by atoms with Gasteiger partial charge in [0.25, 0.3) is 5.56 Å². The molecule has 5 nitrogen and oxygen atoms in total. The summed E-state index contributed by atoms with van der Waals surface area (Å²) in [5.74, 6) is 1.80. The van der Waals surface area contributed by atoms with Gasteiger partial charge in [-0.2, -0.15) is 11.8 Å². The second kappa shape index (κ2) is 8.55. The van der Waals surface area contributed by atoms with Crippen LogP contribution in [0, 0.1) is 5.82 Å². The van der Waals surface area contributed by atoms with E-state index in [1.807, 2.05) is 17.8 Å². The molecule has 0 bridgehead atoms. The minimum Gasteiger partial charge on any atom is -0.365 e. The highest BCUT2D eigenvalue weighted by Gasteiger charge is 2.17. The van der Waals surface area contributed by atoms with E-state index in [-0.39, 0.29) is 17.7 Å². The maximum Gasteiger partial charge on any atom is 0.259 e. The number of nitrogens with zero attached hydrogens (tertiary/aromatic N) is 3. The van der Waals surface area contributed by atoms with Crippen LogP contribution in [-0.2, 0) is 13.6 Å². The summed E-state index contributed by atoms with van der Waals surface area (Å²) in [6.07, 6.45) is 2.91. The van der Waals surface area contributed by atoms with Crippen molar-refractivity contribution in [2.45, 2.75) is 26.1 Å². The molecule has 0 amide bonds. The van der Waals surface area contributed by atoms with Crippen molar-refractivity contribution >= 4 is 34.2 Å². The lowest BCUT2D eigenvalue weighted by Gasteiger charge is -2.16. The Morgan fingerprint density at radius 3 is 2.90 bits per heavy atom. The smallest absolute Gasteiger partial charge is 0.259 e. The predicted octanol–water partition coefficient (Wildman–Crippen LogP) is 4.63. The first kappa shape index (κ1) is 20.5. The number of nitrogens with one attached hydrogen (secondary N) is 1. The Bertz CT molecular complexity index is 1190. The van der Waals surface area contributed by atoms with Crippen molar-refractivity contribution in [3.05, 3.63) is 69.5 Å². The number of hydrogen-bond donors (Lipinski definition) is 1. The number of aromatic nitrogens is 3. The Morgan fingerprint density at radius 1 is 1.33 bits per heavy atom. The quantitative estimate of drug-likeness (QED) is 0.642. The van der Waals surface area contributed by atoms with Crippen LogP contribution in [0.3, 0.4) is 0 Å². The van der Waals surface area contributed by atoms with Gasteiger partial charge in [0.1, 0.15) is 29.8 Å². The highest BCUT2D eigenvalue weighted by molar-refractivity contribution is 7.99. The lowest BCUT2D eigenvalue weighted by Crippen LogP contribution is -2.23. The number of fused-ring (bicyclic) bond motifs is 1. The van der Waals surface area contributed by atoms with Gasteiger partial charge in [-0.25, -0.2) is 18.7 Å². The van der Waals surface area contributed by atoms with Gasteiger partial charge in [0.15, 0.2) is 0 Å². The summed E-state index contributed by atoms with van der Waals surface area (Å²) in [6, 6.07) is 6.52. The molecule has 0 spiro atoms. The first-order chi connectivity index (χ1) is 14.5. The molecule has 1 aliphatic rings. The molecule has 2 aromatic heterocycles. The molecule has 4 rings (SSSR count). The molecule has 1 aromatic carbocycles. The third-order valence-electron chi connectivity index (χ3n) is 5.30. The molecular weight excluding hydrogens is 406 g/mol. The van der Waals surface area contributed by atoms with Crippen LogP contribution in [-0.4, -0.2) is 26.0 Å². The molecule has 8 heteroatoms. The molecule has 1 unspecified atom stereocenters. The fourth-order valence-corrected chi connectivity index (χ4v) is 4.48. The number of hydrogen-bond acceptors (Lipinski definition) is 5. The maximum atomic E-state index is 14.6. The number of aryl methyl sites for hydroxylation is 1. The maximum absolute atomic E-state index is 14.6. The third-order valence-corrected chi connectivity index (χ3v) is 6.19. The minimum atomic E-state index is -1.39. The fraction of sp³-hybridized carbons (Fsp3) is 0.318. The Balaban J connectivity index is 1.73. The molecule has 0 saturated heterocycles. The lowest BCUT2D eigenvalue weighted by atomic mass is 10.0. The topological polar surface area (TPSA) is 59.8 Å². The van der Waals surface area contributed by atoms with Gasteiger partial charge < -0.3 is 5.32 Å². The number of pyridine rings is 1. The van der Waals surface area contributed by atoms with Gasteiger partial charge >= 0.3 is 0 Å². The van der Waals surface area contributed by atoms with Crippen LogP contribution in [0.25, 0.3) is 16.6 Å². The molecular formula is C22H22F2N4OS. The number of rotatable bonds is 5. The number of thioether (sulfide) groups is 1. The molecule has 156 valence electrons. The van der Waals surface area contributed by atoms with E-state index in [0.29, 0.717) is 28.0 Å². The van der Waals surface area contributed by atoms with E-state index in [2.05, 4.69) is 21.4 Å². The SMILES string of the molecule is CC(F)c1cccc(CNc2ncnc3c2cc(C2=CCSCC2)c(=O)n3C)c1F. The van der Waals surface area contributed by atoms with Crippen molar-refractivity contribution in [2.75, 3.05) is 16.8 Å². The number of anilines is 1. The molecule has 0 fully saturated rings. The number of alkyl halides is 1. The van der Waals surface area contributed by atoms with Crippen LogP contribution < -0.4 is 10.9 Å². The summed E-state index contributed by atoms with van der Waals surface area (Å²) >= 11 is 1.84. The molecule has 0 saturated carbocycles. The average Bonchev–Trinajstić information content (AvgIpc) is 2.76. The Morgan fingerprint density at radius 2 is 2.17 bits per heavy atom. The monoisotopic (exact) mass is 428 g/mol. The van der Waals surface area contributed by atoms with Gasteiger partial charge in [0, 0.05) is 36.0 Å². The van der Waals surface area contributed by atoms with Crippen LogP contribution in [0.5, 0.6) is 0 Å². The molecule has 30 heavy (non-hydrogen) atoms. The molecule has 1 aliphatic heterocycles. The van der Waals surface area contributed by atoms with Crippen LogP contribution in [0.1, 0.15) is 36.2 Å². The van der Waals surface area contributed by atoms with Crippen molar-refractivity contribution in [2.24, 2.45) is 7.05 Å². The van der Waals surface area contributed by atoms with E-state index in [1.165, 1.54) is 23.9 Å². The zero-order chi connectivity index (χ0) is 21.3. The largest absolute Gasteiger partial charge is 0.365 e. The summed E-state index contributed by atoms with van der Waals surface area (Å²) in [5.41, 5.74) is 2.46. The summed E-state index contributed by atoms with van der Waals surface area (Å²) < 4.78 is 29.7. The van der Waals surface area contributed by atoms with Crippen LogP contribution in [0.15, 0.2) is 41.5 Å². The number of benzene rings is 1. The molecule has 0 radical (unpaired) electrons. The first-order valence-corrected chi connectivity index (χ1v) is 10.9. The standard InChI is InChI=1S/C22H22F2N4OS/c1-13(23)16-5-3-4-15(19(16)24)11-25-20-18-10-17(14-6-8-30-9-7-14)22(29)28(2)21(18)27-12-26-20/h3-6,10,12-13H,7-9,11H2,1-2H3,(H,25,26,27). The van der Waals surface area contributed by atoms with Crippen molar-refractivity contribution in [3.8, 4) is 0 Å². The van der Waals surface area contributed by atoms with Gasteiger partial charge in [0.2, 0.25) is 0 Å². The van der Waals surface area contributed by atoms with E-state index in [9.17, 15) is 13.6 Å². The van der Waals surface area contributed by atoms with Crippen molar-refractivity contribution in [3.63, 3.8) is 0 Å². The van der Waals surface area contributed by atoms with Crippen molar-refractivity contribution in [1.82, 2.24) is 14.5 Å². The third kappa shape index (κ3) is 3.84. The van der Waals surface area contributed by atoms with E-state index >= 15 is 0 Å². The summed E-state index contributed by atoms with van der Waals surface area (Å²) in [7, 11) is 1.69. The number of halogens is 2. The van der Waals surface area contributed by atoms with Gasteiger partial charge in [-0.15, -0.1) is 0 Å². The van der Waals surface area contributed by atoms with Crippen LogP contribution >= 0.6 is 11.8 Å². The highest BCUT2D eigenvalue weighted by Crippen LogP contribution is 2.28. The van der Waals surface area contributed by atoms with Crippen molar-refractivity contribution in [1.29, 1.82) is 0 Å². The molecule has 3 heterocycles. The number of allylic oxidation sites excluding steroid dienone is 1. The predicted molar refractivity (Wildman–Crippen MR) is 118 cm³/mol. The zero-order valence-corrected chi connectivity index (χ0v) is 17.6. The molecule has 1 N–H and O–H groups in total. The lowest BCUT2D eigenvalue weighted by molar-refractivity contribution is 0.360. The van der Waals surface area contributed by atoms with Gasteiger partial charge in [0.05, 0.1) is 5.39 Å². The Labute approximate surface area is 177 Å². The van der Waals surface area contributed by atoms with E-state index in [4.69, 9.17) is 0 Å². The van der Waals surface area contributed by atoms with E-state index < -0.39 is 12.0 Å². The van der Waals surface area contributed by atoms with Gasteiger partial charge in [-0.05, 0) is 30.7 Å². The minimum absolute atomic E-state index is 0.0358. The second-order valence-corrected chi connectivity index (χ2v) is 8.38. The average molecular weight is 429 g/mol. The molecule has 3 aromatic rings. The van der Waals surface area contributed by atoms with E-state index in [1.54, 1.807) is 19.2 Å². The van der Waals surface area contributed by atoms with Crippen LogP contribution in [0.2, 0.25) is 0 Å². The molecule has 1 atom stereocenters. The summed E-state index contributed by atoms with van der Waals surface area (Å²) in [6.45, 7) is 1.45. The second-order valence-electron chi connectivity index (χ2n) is 7.23. The fourth-order valence-electron chi connectivity index (χ4n) is 3.63. The summed E-state index contributed by atoms with van der Waals surface area (Å²) in [5, 5.41) is 3.82. The molecule has 0 aliphatic carbocycles.